The molecule has 146 valence electrons. The van der Waals surface area contributed by atoms with E-state index in [9.17, 15) is 0 Å². The minimum Gasteiger partial charge on any atom is -0.339 e. The van der Waals surface area contributed by atoms with E-state index in [0.29, 0.717) is 21.6 Å². The van der Waals surface area contributed by atoms with Gasteiger partial charge in [0, 0.05) is 20.6 Å². The average Bonchev–Trinajstić information content (AvgIpc) is 3.22. The summed E-state index contributed by atoms with van der Waals surface area (Å²) in [6.07, 6.45) is 2.63. The fourth-order valence-electron chi connectivity index (χ4n) is 3.63. The Bertz CT molecular complexity index is 977. The van der Waals surface area contributed by atoms with Crippen LogP contribution in [0.2, 0.25) is 15.1 Å². The zero-order chi connectivity index (χ0) is 19.9. The molecule has 1 aromatic heterocycles. The van der Waals surface area contributed by atoms with Crippen LogP contribution in [0.4, 0.5) is 0 Å². The van der Waals surface area contributed by atoms with Gasteiger partial charge in [0.05, 0.1) is 6.54 Å². The molecule has 0 radical (unpaired) electrons. The normalized spacial score (nSPS) is 23.8. The van der Waals surface area contributed by atoms with E-state index in [-0.39, 0.29) is 0 Å². The van der Waals surface area contributed by atoms with E-state index in [4.69, 9.17) is 44.3 Å². The lowest BCUT2D eigenvalue weighted by atomic mass is 9.84. The van der Waals surface area contributed by atoms with Gasteiger partial charge in [-0.1, -0.05) is 53.0 Å². The van der Waals surface area contributed by atoms with Crippen LogP contribution in [-0.4, -0.2) is 20.6 Å². The minimum atomic E-state index is -0.904. The Hall–Kier alpha value is -1.63. The molecule has 0 spiro atoms. The maximum atomic E-state index is 6.55. The highest BCUT2D eigenvalue weighted by Crippen LogP contribution is 2.54. The number of rotatable bonds is 4. The molecule has 0 aliphatic carbocycles. The molecule has 0 amide bonds. The van der Waals surface area contributed by atoms with Gasteiger partial charge in [-0.2, -0.15) is 5.10 Å². The first kappa shape index (κ1) is 19.7. The van der Waals surface area contributed by atoms with Gasteiger partial charge in [-0.15, -0.1) is 0 Å². The number of benzene rings is 2. The van der Waals surface area contributed by atoms with E-state index in [2.05, 4.69) is 10.1 Å². The number of aromatic nitrogens is 3. The molecule has 8 heteroatoms. The lowest BCUT2D eigenvalue weighted by Gasteiger charge is -2.34. The molecule has 0 bridgehead atoms. The third-order valence-corrected chi connectivity index (χ3v) is 5.51. The SMILES string of the molecule is CC1(C)O[C@H](c2ccc(Cl)cc2Cl)[C@@](Cn2cncn2)(c2ccc(Cl)cc2)O1. The Balaban J connectivity index is 1.91. The van der Waals surface area contributed by atoms with Gasteiger partial charge in [0.2, 0.25) is 0 Å². The van der Waals surface area contributed by atoms with Gasteiger partial charge < -0.3 is 9.47 Å². The van der Waals surface area contributed by atoms with Gasteiger partial charge in [0.25, 0.3) is 0 Å². The Morgan fingerprint density at radius 1 is 1.04 bits per heavy atom. The second-order valence-electron chi connectivity index (χ2n) is 7.16. The Labute approximate surface area is 178 Å². The molecule has 1 aliphatic rings. The van der Waals surface area contributed by atoms with Crippen molar-refractivity contribution in [3.8, 4) is 0 Å². The van der Waals surface area contributed by atoms with Crippen molar-refractivity contribution >= 4 is 34.8 Å². The van der Waals surface area contributed by atoms with E-state index in [1.165, 1.54) is 6.33 Å². The second-order valence-corrected chi connectivity index (χ2v) is 8.44. The van der Waals surface area contributed by atoms with Crippen molar-refractivity contribution in [2.45, 2.75) is 37.9 Å². The lowest BCUT2D eigenvalue weighted by Crippen LogP contribution is -2.38. The van der Waals surface area contributed by atoms with Crippen LogP contribution in [0, 0.1) is 0 Å². The summed E-state index contributed by atoms with van der Waals surface area (Å²) in [7, 11) is 0. The molecule has 5 nitrogen and oxygen atoms in total. The molecule has 2 heterocycles. The van der Waals surface area contributed by atoms with Crippen molar-refractivity contribution in [3.63, 3.8) is 0 Å². The molecule has 0 N–H and O–H groups in total. The Kier molecular flexibility index (Phi) is 5.14. The Morgan fingerprint density at radius 3 is 2.39 bits per heavy atom. The maximum Gasteiger partial charge on any atom is 0.165 e. The lowest BCUT2D eigenvalue weighted by molar-refractivity contribution is -0.168. The summed E-state index contributed by atoms with van der Waals surface area (Å²) < 4.78 is 14.6. The van der Waals surface area contributed by atoms with Gasteiger partial charge in [-0.25, -0.2) is 9.67 Å². The predicted molar refractivity (Wildman–Crippen MR) is 109 cm³/mol. The van der Waals surface area contributed by atoms with Gasteiger partial charge in [0.15, 0.2) is 5.79 Å². The van der Waals surface area contributed by atoms with Crippen LogP contribution in [0.1, 0.15) is 31.1 Å². The van der Waals surface area contributed by atoms with Gasteiger partial charge in [-0.3, -0.25) is 0 Å². The van der Waals surface area contributed by atoms with E-state index in [1.54, 1.807) is 23.1 Å². The van der Waals surface area contributed by atoms with Gasteiger partial charge in [-0.05, 0) is 43.7 Å². The fraction of sp³-hybridized carbons (Fsp3) is 0.300. The molecular weight excluding hydrogens is 421 g/mol. The molecular formula is C20H18Cl3N3O2. The van der Waals surface area contributed by atoms with Crippen LogP contribution in [0.25, 0.3) is 0 Å². The third-order valence-electron chi connectivity index (χ3n) is 4.69. The largest absolute Gasteiger partial charge is 0.339 e. The first-order valence-electron chi connectivity index (χ1n) is 8.70. The Morgan fingerprint density at radius 2 is 1.75 bits per heavy atom. The molecule has 1 fully saturated rings. The molecule has 1 saturated heterocycles. The average molecular weight is 439 g/mol. The minimum absolute atomic E-state index is 0.377. The van der Waals surface area contributed by atoms with Crippen molar-refractivity contribution in [2.24, 2.45) is 0 Å². The molecule has 2 atom stereocenters. The number of ether oxygens (including phenoxy) is 2. The summed E-state index contributed by atoms with van der Waals surface area (Å²) >= 11 is 18.8. The smallest absolute Gasteiger partial charge is 0.165 e. The van der Waals surface area contributed by atoms with Crippen LogP contribution in [0.3, 0.4) is 0 Å². The molecule has 28 heavy (non-hydrogen) atoms. The first-order valence-corrected chi connectivity index (χ1v) is 9.84. The number of halogens is 3. The summed E-state index contributed by atoms with van der Waals surface area (Å²) in [6.45, 7) is 4.13. The number of hydrogen-bond donors (Lipinski definition) is 0. The van der Waals surface area contributed by atoms with Crippen LogP contribution < -0.4 is 0 Å². The molecule has 3 aromatic rings. The van der Waals surface area contributed by atoms with Crippen LogP contribution in [0.5, 0.6) is 0 Å². The highest BCUT2D eigenvalue weighted by atomic mass is 35.5. The zero-order valence-corrected chi connectivity index (χ0v) is 17.5. The topological polar surface area (TPSA) is 49.2 Å². The van der Waals surface area contributed by atoms with E-state index >= 15 is 0 Å². The predicted octanol–water partition coefficient (Wildman–Crippen LogP) is 5.66. The second kappa shape index (κ2) is 7.32. The van der Waals surface area contributed by atoms with Gasteiger partial charge in [0.1, 0.15) is 24.4 Å². The van der Waals surface area contributed by atoms with Crippen molar-refractivity contribution in [1.82, 2.24) is 14.8 Å². The third kappa shape index (κ3) is 3.65. The van der Waals surface area contributed by atoms with Crippen molar-refractivity contribution < 1.29 is 9.47 Å². The first-order chi connectivity index (χ1) is 13.3. The van der Waals surface area contributed by atoms with Gasteiger partial charge >= 0.3 is 0 Å². The molecule has 0 saturated carbocycles. The van der Waals surface area contributed by atoms with E-state index < -0.39 is 17.5 Å². The highest BCUT2D eigenvalue weighted by molar-refractivity contribution is 6.35. The van der Waals surface area contributed by atoms with Crippen LogP contribution in [0.15, 0.2) is 55.1 Å². The number of nitrogens with zero attached hydrogens (tertiary/aromatic N) is 3. The molecule has 2 aromatic carbocycles. The van der Waals surface area contributed by atoms with E-state index in [0.717, 1.165) is 11.1 Å². The quantitative estimate of drug-likeness (QED) is 0.527. The fourth-order valence-corrected chi connectivity index (χ4v) is 4.26. The monoisotopic (exact) mass is 437 g/mol. The van der Waals surface area contributed by atoms with Crippen LogP contribution in [-0.2, 0) is 21.6 Å². The highest BCUT2D eigenvalue weighted by Gasteiger charge is 2.56. The summed E-state index contributed by atoms with van der Waals surface area (Å²) in [4.78, 5) is 4.06. The van der Waals surface area contributed by atoms with Crippen molar-refractivity contribution in [1.29, 1.82) is 0 Å². The zero-order valence-electron chi connectivity index (χ0n) is 15.3. The summed E-state index contributed by atoms with van der Waals surface area (Å²) in [5.74, 6) is -0.853. The summed E-state index contributed by atoms with van der Waals surface area (Å²) in [6, 6.07) is 12.9. The molecule has 1 aliphatic heterocycles. The van der Waals surface area contributed by atoms with Crippen molar-refractivity contribution in [2.75, 3.05) is 0 Å². The van der Waals surface area contributed by atoms with Crippen molar-refractivity contribution in [3.05, 3.63) is 81.3 Å². The standard InChI is InChI=1S/C20H18Cl3N3O2/c1-19(2)27-18(16-8-7-15(22)9-17(16)23)20(28-19,10-26-12-24-11-25-26)13-3-5-14(21)6-4-13/h3-9,11-12,18H,10H2,1-2H3/t18-,20-/m1/s1. The maximum absolute atomic E-state index is 6.55. The molecule has 0 unspecified atom stereocenters. The van der Waals surface area contributed by atoms with E-state index in [1.807, 2.05) is 44.2 Å². The summed E-state index contributed by atoms with van der Waals surface area (Å²) in [5, 5.41) is 5.97. The number of hydrogen-bond acceptors (Lipinski definition) is 4. The summed E-state index contributed by atoms with van der Waals surface area (Å²) in [5.41, 5.74) is 0.778. The van der Waals surface area contributed by atoms with Crippen LogP contribution >= 0.6 is 34.8 Å². The molecule has 4 rings (SSSR count).